The maximum atomic E-state index is 11.5. The van der Waals surface area contributed by atoms with E-state index in [0.717, 1.165) is 53.2 Å². The maximum absolute atomic E-state index is 11.5. The van der Waals surface area contributed by atoms with Crippen molar-refractivity contribution in [2.75, 3.05) is 31.1 Å². The molecule has 4 aromatic rings. The molecule has 6 nitrogen and oxygen atoms in total. The van der Waals surface area contributed by atoms with E-state index in [1.807, 2.05) is 53.4 Å². The average molecular weight is 465 g/mol. The van der Waals surface area contributed by atoms with E-state index in [-0.39, 0.29) is 5.91 Å². The van der Waals surface area contributed by atoms with Crippen molar-refractivity contribution in [3.05, 3.63) is 65.3 Å². The number of anilines is 1. The van der Waals surface area contributed by atoms with Crippen molar-refractivity contribution in [3.63, 3.8) is 0 Å². The number of aromatic nitrogens is 2. The molecule has 8 heteroatoms. The smallest absolute Gasteiger partial charge is 0.231 e. The van der Waals surface area contributed by atoms with E-state index < -0.39 is 0 Å². The third kappa shape index (κ3) is 4.13. The number of benzene rings is 2. The molecular weight excluding hydrogens is 444 g/mol. The Labute approximate surface area is 195 Å². The minimum Gasteiger partial charge on any atom is -0.438 e. The molecule has 2 aromatic heterocycles. The van der Waals surface area contributed by atoms with Gasteiger partial charge < -0.3 is 14.5 Å². The van der Waals surface area contributed by atoms with E-state index in [9.17, 15) is 4.79 Å². The first kappa shape index (κ1) is 20.7. The second-order valence-corrected chi connectivity index (χ2v) is 8.90. The first-order valence-corrected chi connectivity index (χ1v) is 11.6. The standard InChI is InChI=1S/C24H21ClN4O2S/c1-16(30)28-10-12-29(13-11-28)19-6-8-20(9-7-19)31-23-22-21(14-32-24(22)27-15-26-23)17-2-4-18(25)5-3-17/h2-9,14-15H,10-13H2,1H3. The fraction of sp³-hybridized carbons (Fsp3) is 0.208. The molecule has 3 heterocycles. The zero-order valence-corrected chi connectivity index (χ0v) is 19.1. The summed E-state index contributed by atoms with van der Waals surface area (Å²) < 4.78 is 6.18. The van der Waals surface area contributed by atoms with Gasteiger partial charge in [-0.3, -0.25) is 4.79 Å². The molecule has 0 aliphatic carbocycles. The second-order valence-electron chi connectivity index (χ2n) is 7.60. The molecule has 1 aliphatic heterocycles. The molecule has 0 atom stereocenters. The van der Waals surface area contributed by atoms with Crippen LogP contribution in [0, 0.1) is 0 Å². The highest BCUT2D eigenvalue weighted by molar-refractivity contribution is 7.17. The van der Waals surface area contributed by atoms with Crippen LogP contribution in [-0.4, -0.2) is 47.0 Å². The van der Waals surface area contributed by atoms with Crippen molar-refractivity contribution in [3.8, 4) is 22.8 Å². The number of hydrogen-bond donors (Lipinski definition) is 0. The van der Waals surface area contributed by atoms with E-state index in [1.54, 1.807) is 18.3 Å². The van der Waals surface area contributed by atoms with Gasteiger partial charge in [-0.25, -0.2) is 9.97 Å². The van der Waals surface area contributed by atoms with Gasteiger partial charge in [0.05, 0.1) is 5.39 Å². The number of carbonyl (C=O) groups is 1. The monoisotopic (exact) mass is 464 g/mol. The molecule has 0 N–H and O–H groups in total. The highest BCUT2D eigenvalue weighted by Gasteiger charge is 2.19. The highest BCUT2D eigenvalue weighted by atomic mass is 35.5. The minimum atomic E-state index is 0.135. The van der Waals surface area contributed by atoms with Crippen LogP contribution < -0.4 is 9.64 Å². The van der Waals surface area contributed by atoms with Crippen LogP contribution in [0.5, 0.6) is 11.6 Å². The van der Waals surface area contributed by atoms with Crippen molar-refractivity contribution in [1.29, 1.82) is 0 Å². The predicted octanol–water partition coefficient (Wildman–Crippen LogP) is 5.47. The number of nitrogens with zero attached hydrogens (tertiary/aromatic N) is 4. The van der Waals surface area contributed by atoms with Gasteiger partial charge in [-0.1, -0.05) is 23.7 Å². The molecule has 0 radical (unpaired) electrons. The number of ether oxygens (including phenoxy) is 1. The molecule has 1 saturated heterocycles. The van der Waals surface area contributed by atoms with Crippen LogP contribution in [-0.2, 0) is 4.79 Å². The van der Waals surface area contributed by atoms with Gasteiger partial charge >= 0.3 is 0 Å². The van der Waals surface area contributed by atoms with Crippen LogP contribution in [0.15, 0.2) is 60.2 Å². The van der Waals surface area contributed by atoms with Crippen LogP contribution in [0.3, 0.4) is 0 Å². The minimum absolute atomic E-state index is 0.135. The van der Waals surface area contributed by atoms with Gasteiger partial charge in [0, 0.05) is 54.8 Å². The van der Waals surface area contributed by atoms with E-state index >= 15 is 0 Å². The molecule has 32 heavy (non-hydrogen) atoms. The fourth-order valence-corrected chi connectivity index (χ4v) is 4.92. The lowest BCUT2D eigenvalue weighted by Gasteiger charge is -2.35. The Bertz CT molecular complexity index is 1250. The maximum Gasteiger partial charge on any atom is 0.231 e. The fourth-order valence-electron chi connectivity index (χ4n) is 3.88. The highest BCUT2D eigenvalue weighted by Crippen LogP contribution is 2.39. The summed E-state index contributed by atoms with van der Waals surface area (Å²) >= 11 is 7.61. The summed E-state index contributed by atoms with van der Waals surface area (Å²) in [7, 11) is 0. The third-order valence-corrected chi connectivity index (χ3v) is 6.77. The van der Waals surface area contributed by atoms with Crippen LogP contribution in [0.25, 0.3) is 21.3 Å². The Kier molecular flexibility index (Phi) is 5.68. The Morgan fingerprint density at radius 3 is 2.41 bits per heavy atom. The molecule has 162 valence electrons. The molecule has 5 rings (SSSR count). The number of rotatable bonds is 4. The molecule has 2 aromatic carbocycles. The lowest BCUT2D eigenvalue weighted by molar-refractivity contribution is -0.129. The van der Waals surface area contributed by atoms with E-state index in [2.05, 4.69) is 20.2 Å². The van der Waals surface area contributed by atoms with E-state index in [0.29, 0.717) is 16.7 Å². The summed E-state index contributed by atoms with van der Waals surface area (Å²) in [5.74, 6) is 1.38. The topological polar surface area (TPSA) is 58.6 Å². The molecule has 0 unspecified atom stereocenters. The van der Waals surface area contributed by atoms with Gasteiger partial charge in [0.1, 0.15) is 16.9 Å². The Balaban J connectivity index is 1.37. The van der Waals surface area contributed by atoms with Crippen LogP contribution >= 0.6 is 22.9 Å². The van der Waals surface area contributed by atoms with E-state index in [4.69, 9.17) is 16.3 Å². The van der Waals surface area contributed by atoms with E-state index in [1.165, 1.54) is 6.33 Å². The number of thiophene rings is 1. The number of amides is 1. The van der Waals surface area contributed by atoms with Gasteiger partial charge in [-0.15, -0.1) is 11.3 Å². The molecule has 1 aliphatic rings. The Morgan fingerprint density at radius 2 is 1.72 bits per heavy atom. The normalized spacial score (nSPS) is 14.1. The molecular formula is C24H21ClN4O2S. The predicted molar refractivity (Wildman–Crippen MR) is 129 cm³/mol. The average Bonchev–Trinajstić information content (AvgIpc) is 3.25. The van der Waals surface area contributed by atoms with Crippen molar-refractivity contribution in [1.82, 2.24) is 14.9 Å². The van der Waals surface area contributed by atoms with Crippen molar-refractivity contribution in [2.24, 2.45) is 0 Å². The Morgan fingerprint density at radius 1 is 1.00 bits per heavy atom. The molecule has 0 bridgehead atoms. The summed E-state index contributed by atoms with van der Waals surface area (Å²) in [5, 5.41) is 3.66. The van der Waals surface area contributed by atoms with Gasteiger partial charge in [0.25, 0.3) is 0 Å². The molecule has 0 spiro atoms. The summed E-state index contributed by atoms with van der Waals surface area (Å²) in [5.41, 5.74) is 3.18. The first-order valence-electron chi connectivity index (χ1n) is 10.3. The first-order chi connectivity index (χ1) is 15.6. The van der Waals surface area contributed by atoms with Crippen molar-refractivity contribution >= 4 is 44.7 Å². The second kappa shape index (κ2) is 8.76. The van der Waals surface area contributed by atoms with Gasteiger partial charge in [0.2, 0.25) is 11.8 Å². The number of piperazine rings is 1. The Hall–Kier alpha value is -3.16. The summed E-state index contributed by atoms with van der Waals surface area (Å²) in [6, 6.07) is 15.7. The largest absolute Gasteiger partial charge is 0.438 e. The van der Waals surface area contributed by atoms with Gasteiger partial charge in [-0.05, 0) is 42.0 Å². The van der Waals surface area contributed by atoms with Crippen LogP contribution in [0.4, 0.5) is 5.69 Å². The quantitative estimate of drug-likeness (QED) is 0.400. The lowest BCUT2D eigenvalue weighted by Crippen LogP contribution is -2.48. The van der Waals surface area contributed by atoms with Crippen molar-refractivity contribution < 1.29 is 9.53 Å². The number of hydrogen-bond acceptors (Lipinski definition) is 6. The summed E-state index contributed by atoms with van der Waals surface area (Å²) in [6.45, 7) is 4.77. The van der Waals surface area contributed by atoms with Crippen LogP contribution in [0.2, 0.25) is 5.02 Å². The SMILES string of the molecule is CC(=O)N1CCN(c2ccc(Oc3ncnc4scc(-c5ccc(Cl)cc5)c34)cc2)CC1. The zero-order valence-electron chi connectivity index (χ0n) is 17.5. The number of carbonyl (C=O) groups excluding carboxylic acids is 1. The zero-order chi connectivity index (χ0) is 22.1. The number of halogens is 1. The molecule has 0 saturated carbocycles. The van der Waals surface area contributed by atoms with Gasteiger partial charge in [-0.2, -0.15) is 0 Å². The lowest BCUT2D eigenvalue weighted by atomic mass is 10.1. The summed E-state index contributed by atoms with van der Waals surface area (Å²) in [6.07, 6.45) is 1.53. The number of fused-ring (bicyclic) bond motifs is 1. The van der Waals surface area contributed by atoms with Crippen LogP contribution in [0.1, 0.15) is 6.92 Å². The van der Waals surface area contributed by atoms with Gasteiger partial charge in [0.15, 0.2) is 0 Å². The molecule has 1 fully saturated rings. The van der Waals surface area contributed by atoms with Crippen molar-refractivity contribution in [2.45, 2.75) is 6.92 Å². The molecule has 1 amide bonds. The summed E-state index contributed by atoms with van der Waals surface area (Å²) in [4.78, 5) is 25.4. The third-order valence-electron chi connectivity index (χ3n) is 5.63.